The number of hydrogen-bond donors (Lipinski definition) is 0. The Kier molecular flexibility index (Phi) is 5.43. The molecule has 0 radical (unpaired) electrons. The number of carbonyl (C=O) groups excluding carboxylic acids is 3. The summed E-state index contributed by atoms with van der Waals surface area (Å²) in [6.07, 6.45) is 4.40. The van der Waals surface area contributed by atoms with Gasteiger partial charge >= 0.3 is 5.97 Å². The van der Waals surface area contributed by atoms with E-state index in [1.54, 1.807) is 6.92 Å². The van der Waals surface area contributed by atoms with Crippen molar-refractivity contribution in [1.29, 1.82) is 0 Å². The van der Waals surface area contributed by atoms with Crippen molar-refractivity contribution in [3.63, 3.8) is 0 Å². The second-order valence-electron chi connectivity index (χ2n) is 5.67. The predicted molar refractivity (Wildman–Crippen MR) is 76.1 cm³/mol. The molecule has 0 fully saturated rings. The van der Waals surface area contributed by atoms with Gasteiger partial charge in [-0.1, -0.05) is 26.0 Å². The van der Waals surface area contributed by atoms with Gasteiger partial charge in [-0.3, -0.25) is 9.59 Å². The van der Waals surface area contributed by atoms with Crippen molar-refractivity contribution in [3.05, 3.63) is 23.3 Å². The molecule has 0 aliphatic heterocycles. The van der Waals surface area contributed by atoms with Gasteiger partial charge in [0, 0.05) is 12.8 Å². The number of aldehydes is 1. The highest BCUT2D eigenvalue weighted by atomic mass is 16.5. The molecule has 1 aliphatic carbocycles. The van der Waals surface area contributed by atoms with Gasteiger partial charge in [0.1, 0.15) is 6.29 Å². The van der Waals surface area contributed by atoms with Crippen molar-refractivity contribution in [1.82, 2.24) is 0 Å². The summed E-state index contributed by atoms with van der Waals surface area (Å²) in [5.41, 5.74) is 1.41. The Hall–Kier alpha value is -1.71. The first-order valence-corrected chi connectivity index (χ1v) is 6.85. The summed E-state index contributed by atoms with van der Waals surface area (Å²) in [5, 5.41) is 0. The summed E-state index contributed by atoms with van der Waals surface area (Å²) >= 11 is 0. The van der Waals surface area contributed by atoms with E-state index >= 15 is 0 Å². The van der Waals surface area contributed by atoms with Crippen molar-refractivity contribution >= 4 is 18.0 Å². The highest BCUT2D eigenvalue weighted by molar-refractivity contribution is 6.01. The minimum absolute atomic E-state index is 0.0260. The summed E-state index contributed by atoms with van der Waals surface area (Å²) in [4.78, 5) is 34.1. The zero-order valence-corrected chi connectivity index (χ0v) is 12.6. The van der Waals surface area contributed by atoms with Gasteiger partial charge in [0.15, 0.2) is 11.9 Å². The van der Waals surface area contributed by atoms with Crippen LogP contribution in [0.5, 0.6) is 0 Å². The zero-order valence-electron chi connectivity index (χ0n) is 12.6. The highest BCUT2D eigenvalue weighted by Gasteiger charge is 2.39. The molecule has 0 bridgehead atoms. The monoisotopic (exact) mass is 278 g/mol. The van der Waals surface area contributed by atoms with Crippen LogP contribution in [-0.4, -0.2) is 24.1 Å². The molecule has 0 saturated carbocycles. The summed E-state index contributed by atoms with van der Waals surface area (Å²) in [6, 6.07) is 0. The Balaban J connectivity index is 2.92. The summed E-state index contributed by atoms with van der Waals surface area (Å²) in [6.45, 7) is 7.74. The van der Waals surface area contributed by atoms with E-state index in [1.165, 1.54) is 0 Å². The van der Waals surface area contributed by atoms with E-state index in [9.17, 15) is 14.4 Å². The highest BCUT2D eigenvalue weighted by Crippen LogP contribution is 2.40. The fraction of sp³-hybridized carbons (Fsp3) is 0.562. The molecular formula is C16H22O4. The van der Waals surface area contributed by atoms with Gasteiger partial charge in [0.2, 0.25) is 0 Å². The molecule has 4 nitrogen and oxygen atoms in total. The number of rotatable bonds is 5. The molecule has 4 heteroatoms. The van der Waals surface area contributed by atoms with Crippen LogP contribution in [0.4, 0.5) is 0 Å². The number of ketones is 1. The molecule has 0 spiro atoms. The molecule has 0 heterocycles. The Morgan fingerprint density at radius 2 is 2.10 bits per heavy atom. The molecule has 0 amide bonds. The van der Waals surface area contributed by atoms with E-state index in [1.807, 2.05) is 32.9 Å². The van der Waals surface area contributed by atoms with Crippen LogP contribution in [0.2, 0.25) is 0 Å². The number of hydrogen-bond acceptors (Lipinski definition) is 4. The normalized spacial score (nSPS) is 22.2. The second kappa shape index (κ2) is 6.64. The van der Waals surface area contributed by atoms with Crippen molar-refractivity contribution in [3.8, 4) is 0 Å². The molecule has 0 aromatic rings. The van der Waals surface area contributed by atoms with E-state index < -0.39 is 12.1 Å². The second-order valence-corrected chi connectivity index (χ2v) is 5.67. The maximum Gasteiger partial charge on any atom is 0.306 e. The van der Waals surface area contributed by atoms with E-state index in [-0.39, 0.29) is 24.0 Å². The van der Waals surface area contributed by atoms with E-state index in [0.29, 0.717) is 18.3 Å². The van der Waals surface area contributed by atoms with Crippen molar-refractivity contribution in [2.75, 3.05) is 0 Å². The SMILES string of the molecule is C/C=C/C1=C(C)C(=O)C(OC(=O)CCC=O)CC1(C)C. The van der Waals surface area contributed by atoms with E-state index in [0.717, 1.165) is 5.57 Å². The molecule has 110 valence electrons. The molecule has 0 N–H and O–H groups in total. The first-order valence-electron chi connectivity index (χ1n) is 6.85. The van der Waals surface area contributed by atoms with Gasteiger partial charge in [-0.25, -0.2) is 0 Å². The predicted octanol–water partition coefficient (Wildman–Crippen LogP) is 2.77. The fourth-order valence-corrected chi connectivity index (χ4v) is 2.55. The third-order valence-electron chi connectivity index (χ3n) is 3.56. The van der Waals surface area contributed by atoms with Crippen LogP contribution < -0.4 is 0 Å². The summed E-state index contributed by atoms with van der Waals surface area (Å²) in [5.74, 6) is -0.634. The number of allylic oxidation sites excluding steroid dienone is 3. The third kappa shape index (κ3) is 3.65. The van der Waals surface area contributed by atoms with Crippen LogP contribution in [0.3, 0.4) is 0 Å². The zero-order chi connectivity index (χ0) is 15.3. The van der Waals surface area contributed by atoms with Gasteiger partial charge in [-0.15, -0.1) is 0 Å². The average molecular weight is 278 g/mol. The molecule has 1 aliphatic rings. The molecule has 1 unspecified atom stereocenters. The molecular weight excluding hydrogens is 256 g/mol. The molecule has 0 aromatic carbocycles. The lowest BCUT2D eigenvalue weighted by Crippen LogP contribution is -2.38. The summed E-state index contributed by atoms with van der Waals surface area (Å²) in [7, 11) is 0. The van der Waals surface area contributed by atoms with E-state index in [2.05, 4.69) is 0 Å². The Labute approximate surface area is 119 Å². The standard InChI is InChI=1S/C16H22O4/c1-5-7-12-11(2)15(19)13(10-16(12,3)4)20-14(18)8-6-9-17/h5,7,9,13H,6,8,10H2,1-4H3/b7-5+. The van der Waals surface area contributed by atoms with Gasteiger partial charge in [0.05, 0.1) is 6.42 Å². The smallest absolute Gasteiger partial charge is 0.306 e. The Morgan fingerprint density at radius 3 is 2.65 bits per heavy atom. The van der Waals surface area contributed by atoms with Crippen LogP contribution in [0.25, 0.3) is 0 Å². The summed E-state index contributed by atoms with van der Waals surface area (Å²) < 4.78 is 5.23. The first kappa shape index (κ1) is 16.3. The Morgan fingerprint density at radius 1 is 1.45 bits per heavy atom. The minimum atomic E-state index is -0.738. The number of Topliss-reactive ketones (excluding diaryl/α,β-unsaturated/α-hetero) is 1. The minimum Gasteiger partial charge on any atom is -0.454 e. The molecule has 0 aromatic heterocycles. The molecule has 0 saturated heterocycles. The van der Waals surface area contributed by atoms with Gasteiger partial charge in [-0.2, -0.15) is 0 Å². The van der Waals surface area contributed by atoms with Gasteiger partial charge < -0.3 is 9.53 Å². The fourth-order valence-electron chi connectivity index (χ4n) is 2.55. The molecule has 1 rings (SSSR count). The van der Waals surface area contributed by atoms with Gasteiger partial charge in [-0.05, 0) is 30.4 Å². The molecule has 1 atom stereocenters. The van der Waals surface area contributed by atoms with Crippen LogP contribution in [0, 0.1) is 5.41 Å². The van der Waals surface area contributed by atoms with Crippen molar-refractivity contribution in [2.24, 2.45) is 5.41 Å². The maximum absolute atomic E-state index is 12.3. The van der Waals surface area contributed by atoms with Crippen molar-refractivity contribution in [2.45, 2.75) is 53.1 Å². The number of esters is 1. The Bertz CT molecular complexity index is 469. The lowest BCUT2D eigenvalue weighted by atomic mass is 9.71. The van der Waals surface area contributed by atoms with Crippen LogP contribution in [0.15, 0.2) is 23.3 Å². The third-order valence-corrected chi connectivity index (χ3v) is 3.56. The maximum atomic E-state index is 12.3. The average Bonchev–Trinajstić information content (AvgIpc) is 2.38. The van der Waals surface area contributed by atoms with Crippen LogP contribution in [-0.2, 0) is 19.1 Å². The largest absolute Gasteiger partial charge is 0.454 e. The quantitative estimate of drug-likeness (QED) is 0.573. The number of ether oxygens (including phenoxy) is 1. The van der Waals surface area contributed by atoms with Crippen LogP contribution in [0.1, 0.15) is 47.0 Å². The molecule has 20 heavy (non-hydrogen) atoms. The topological polar surface area (TPSA) is 60.4 Å². The van der Waals surface area contributed by atoms with Crippen LogP contribution >= 0.6 is 0 Å². The van der Waals surface area contributed by atoms with Crippen molar-refractivity contribution < 1.29 is 19.1 Å². The lowest BCUT2D eigenvalue weighted by molar-refractivity contribution is -0.156. The number of carbonyl (C=O) groups is 3. The first-order chi connectivity index (χ1) is 9.33. The van der Waals surface area contributed by atoms with E-state index in [4.69, 9.17) is 4.74 Å². The lowest BCUT2D eigenvalue weighted by Gasteiger charge is -2.36. The van der Waals surface area contributed by atoms with Gasteiger partial charge in [0.25, 0.3) is 0 Å².